The van der Waals surface area contributed by atoms with Crippen molar-refractivity contribution >= 4 is 11.7 Å². The number of carbonyl (C=O) groups is 2. The second-order valence-corrected chi connectivity index (χ2v) is 10.3. The Morgan fingerprint density at radius 1 is 1.33 bits per heavy atom. The molecule has 0 saturated heterocycles. The van der Waals surface area contributed by atoms with Gasteiger partial charge in [-0.15, -0.1) is 0 Å². The van der Waals surface area contributed by atoms with E-state index >= 15 is 0 Å². The summed E-state index contributed by atoms with van der Waals surface area (Å²) in [5.41, 5.74) is 4.03. The minimum absolute atomic E-state index is 0.0115. The summed E-state index contributed by atoms with van der Waals surface area (Å²) in [4.78, 5) is 27.6. The summed E-state index contributed by atoms with van der Waals surface area (Å²) in [7, 11) is 0. The van der Waals surface area contributed by atoms with Crippen LogP contribution in [0.1, 0.15) is 59.8 Å². The predicted molar refractivity (Wildman–Crippen MR) is 118 cm³/mol. The quantitative estimate of drug-likeness (QED) is 0.677. The predicted octanol–water partition coefficient (Wildman–Crippen LogP) is 4.58. The standard InChI is InChI=1S/C26H35NO3/c1-16(2)6-5-7-17(3)18-10-11-26(4)15-20-23(29)14-22-24(20)19(8-9-21(18)26)25(30)27(22)12-13-28/h5-7,14,17-18,20-21,28H,8-13,15H2,1-4H3/b7-5-/t17-,18+,20+,21-,26+/m0/s1. The fourth-order valence-corrected chi connectivity index (χ4v) is 6.55. The van der Waals surface area contributed by atoms with Crippen molar-refractivity contribution in [1.29, 1.82) is 0 Å². The maximum absolute atomic E-state index is 13.1. The van der Waals surface area contributed by atoms with Crippen molar-refractivity contribution in [1.82, 2.24) is 4.90 Å². The molecular weight excluding hydrogens is 374 g/mol. The number of amides is 1. The minimum Gasteiger partial charge on any atom is -0.395 e. The molecular formula is C26H35NO3. The number of nitrogens with zero attached hydrogens (tertiary/aromatic N) is 1. The van der Waals surface area contributed by atoms with Crippen LogP contribution < -0.4 is 0 Å². The Bertz CT molecular complexity index is 873. The van der Waals surface area contributed by atoms with Gasteiger partial charge in [-0.05, 0) is 74.7 Å². The van der Waals surface area contributed by atoms with Crippen molar-refractivity contribution in [2.45, 2.75) is 59.8 Å². The number of aliphatic hydroxyl groups is 1. The molecule has 0 aromatic rings. The maximum Gasteiger partial charge on any atom is 0.254 e. The minimum atomic E-state index is -0.175. The summed E-state index contributed by atoms with van der Waals surface area (Å²) >= 11 is 0. The van der Waals surface area contributed by atoms with E-state index in [0.717, 1.165) is 42.5 Å². The molecule has 4 nitrogen and oxygen atoms in total. The number of allylic oxidation sites excluding steroid dienone is 6. The summed E-state index contributed by atoms with van der Waals surface area (Å²) in [5.74, 6) is 1.58. The van der Waals surface area contributed by atoms with E-state index in [0.29, 0.717) is 17.8 Å². The van der Waals surface area contributed by atoms with Gasteiger partial charge in [0.15, 0.2) is 5.78 Å². The molecule has 1 aliphatic heterocycles. The molecule has 4 aliphatic rings. The van der Waals surface area contributed by atoms with Gasteiger partial charge in [-0.25, -0.2) is 0 Å². The Morgan fingerprint density at radius 2 is 2.10 bits per heavy atom. The third-order valence-electron chi connectivity index (χ3n) is 8.05. The first-order chi connectivity index (χ1) is 14.3. The van der Waals surface area contributed by atoms with Gasteiger partial charge < -0.3 is 10.0 Å². The van der Waals surface area contributed by atoms with Gasteiger partial charge in [-0.3, -0.25) is 9.59 Å². The maximum atomic E-state index is 13.1. The number of hydrogen-bond donors (Lipinski definition) is 1. The molecule has 0 aromatic carbocycles. The highest BCUT2D eigenvalue weighted by molar-refractivity contribution is 6.09. The fourth-order valence-electron chi connectivity index (χ4n) is 6.55. The molecule has 1 amide bonds. The Labute approximate surface area is 180 Å². The first kappa shape index (κ1) is 21.3. The van der Waals surface area contributed by atoms with Gasteiger partial charge in [0.2, 0.25) is 0 Å². The number of hydrogen-bond acceptors (Lipinski definition) is 3. The largest absolute Gasteiger partial charge is 0.395 e. The van der Waals surface area contributed by atoms with Crippen LogP contribution in [0.5, 0.6) is 0 Å². The van der Waals surface area contributed by atoms with Crippen LogP contribution in [0.25, 0.3) is 0 Å². The van der Waals surface area contributed by atoms with E-state index in [1.165, 1.54) is 12.0 Å². The highest BCUT2D eigenvalue weighted by Gasteiger charge is 2.53. The molecule has 30 heavy (non-hydrogen) atoms. The van der Waals surface area contributed by atoms with Gasteiger partial charge >= 0.3 is 0 Å². The van der Waals surface area contributed by atoms with Crippen LogP contribution in [-0.4, -0.2) is 34.8 Å². The molecule has 5 atom stereocenters. The second kappa shape index (κ2) is 7.96. The molecule has 0 unspecified atom stereocenters. The highest BCUT2D eigenvalue weighted by atomic mass is 16.3. The molecule has 162 valence electrons. The number of β-amino-alcohol motifs (C(OH)–C–C–N with tert-alkyl or cyclic N) is 1. The van der Waals surface area contributed by atoms with Crippen molar-refractivity contribution in [2.24, 2.45) is 29.1 Å². The number of rotatable bonds is 5. The third-order valence-corrected chi connectivity index (χ3v) is 8.05. The van der Waals surface area contributed by atoms with E-state index in [2.05, 4.69) is 45.9 Å². The molecule has 1 N–H and O–H groups in total. The summed E-state index contributed by atoms with van der Waals surface area (Å²) in [6, 6.07) is 0. The first-order valence-electron chi connectivity index (χ1n) is 11.5. The monoisotopic (exact) mass is 409 g/mol. The summed E-state index contributed by atoms with van der Waals surface area (Å²) in [5, 5.41) is 9.42. The van der Waals surface area contributed by atoms with E-state index in [9.17, 15) is 14.7 Å². The lowest BCUT2D eigenvalue weighted by atomic mass is 9.65. The summed E-state index contributed by atoms with van der Waals surface area (Å²) in [6.07, 6.45) is 13.3. The normalized spacial score (nSPS) is 34.1. The molecule has 1 fully saturated rings. The lowest BCUT2D eigenvalue weighted by Gasteiger charge is -2.39. The number of fused-ring (bicyclic) bond motifs is 1. The highest BCUT2D eigenvalue weighted by Crippen LogP contribution is 2.59. The molecule has 4 rings (SSSR count). The van der Waals surface area contributed by atoms with E-state index in [1.54, 1.807) is 11.0 Å². The summed E-state index contributed by atoms with van der Waals surface area (Å²) in [6.45, 7) is 9.11. The van der Waals surface area contributed by atoms with Crippen molar-refractivity contribution in [3.05, 3.63) is 46.7 Å². The molecule has 1 heterocycles. The van der Waals surface area contributed by atoms with Gasteiger partial charge in [-0.2, -0.15) is 0 Å². The Kier molecular flexibility index (Phi) is 5.65. The smallest absolute Gasteiger partial charge is 0.254 e. The van der Waals surface area contributed by atoms with Crippen LogP contribution in [0.3, 0.4) is 0 Å². The van der Waals surface area contributed by atoms with E-state index in [1.807, 2.05) is 0 Å². The van der Waals surface area contributed by atoms with Gasteiger partial charge in [0.05, 0.1) is 12.3 Å². The van der Waals surface area contributed by atoms with Crippen LogP contribution in [0.2, 0.25) is 0 Å². The molecule has 3 aliphatic carbocycles. The van der Waals surface area contributed by atoms with Gasteiger partial charge in [0.1, 0.15) is 0 Å². The van der Waals surface area contributed by atoms with Crippen molar-refractivity contribution in [3.8, 4) is 0 Å². The van der Waals surface area contributed by atoms with Crippen molar-refractivity contribution < 1.29 is 14.7 Å². The second-order valence-electron chi connectivity index (χ2n) is 10.3. The zero-order valence-electron chi connectivity index (χ0n) is 18.8. The van der Waals surface area contributed by atoms with Gasteiger partial charge in [0, 0.05) is 24.1 Å². The van der Waals surface area contributed by atoms with Crippen LogP contribution in [0.4, 0.5) is 0 Å². The SMILES string of the molecule is CC(C)=C/C=C\[C@H](C)[C@H]1CC[C@]2(C)C[C@@H]3C(=O)C=C4C3=C(CC[C@@H]12)C(=O)N4CCO. The zero-order chi connectivity index (χ0) is 21.6. The van der Waals surface area contributed by atoms with Crippen molar-refractivity contribution in [2.75, 3.05) is 13.2 Å². The molecule has 0 bridgehead atoms. The van der Waals surface area contributed by atoms with E-state index in [4.69, 9.17) is 0 Å². The topological polar surface area (TPSA) is 57.6 Å². The zero-order valence-corrected chi connectivity index (χ0v) is 18.8. The van der Waals surface area contributed by atoms with E-state index < -0.39 is 0 Å². The van der Waals surface area contributed by atoms with Crippen LogP contribution in [0, 0.1) is 29.1 Å². The molecule has 1 saturated carbocycles. The summed E-state index contributed by atoms with van der Waals surface area (Å²) < 4.78 is 0. The Balaban J connectivity index is 1.62. The van der Waals surface area contributed by atoms with Crippen LogP contribution in [-0.2, 0) is 9.59 Å². The molecule has 0 spiro atoms. The average Bonchev–Trinajstić information content (AvgIpc) is 3.23. The number of aliphatic hydroxyl groups excluding tert-OH is 1. The van der Waals surface area contributed by atoms with Gasteiger partial charge in [-0.1, -0.05) is 37.6 Å². The van der Waals surface area contributed by atoms with E-state index in [-0.39, 0.29) is 36.2 Å². The molecule has 4 heteroatoms. The molecule has 0 radical (unpaired) electrons. The van der Waals surface area contributed by atoms with Crippen LogP contribution in [0.15, 0.2) is 46.7 Å². The van der Waals surface area contributed by atoms with Gasteiger partial charge in [0.25, 0.3) is 5.91 Å². The Hall–Kier alpha value is -1.94. The third kappa shape index (κ3) is 3.43. The van der Waals surface area contributed by atoms with Crippen molar-refractivity contribution in [3.63, 3.8) is 0 Å². The number of carbonyl (C=O) groups excluding carboxylic acids is 2. The lowest BCUT2D eigenvalue weighted by Crippen LogP contribution is -2.33. The first-order valence-corrected chi connectivity index (χ1v) is 11.5. The average molecular weight is 410 g/mol. The number of ketones is 1. The fraction of sp³-hybridized carbons (Fsp3) is 0.615. The lowest BCUT2D eigenvalue weighted by molar-refractivity contribution is -0.124. The van der Waals surface area contributed by atoms with Crippen LogP contribution >= 0.6 is 0 Å². The Morgan fingerprint density at radius 3 is 2.80 bits per heavy atom. The molecule has 0 aromatic heterocycles.